The fourth-order valence-corrected chi connectivity index (χ4v) is 1.90. The Balaban J connectivity index is 2.73. The number of thiazole rings is 1. The molecule has 0 aliphatic carbocycles. The number of hydrogen-bond donors (Lipinski definition) is 2. The monoisotopic (exact) mass is 272 g/mol. The molecule has 0 bridgehead atoms. The van der Waals surface area contributed by atoms with Gasteiger partial charge >= 0.3 is 11.9 Å². The van der Waals surface area contributed by atoms with Gasteiger partial charge in [-0.3, -0.25) is 9.59 Å². The van der Waals surface area contributed by atoms with Crippen LogP contribution in [0.2, 0.25) is 0 Å². The van der Waals surface area contributed by atoms with Crippen LogP contribution in [-0.2, 0) is 14.3 Å². The van der Waals surface area contributed by atoms with Crippen molar-refractivity contribution >= 4 is 29.2 Å². The van der Waals surface area contributed by atoms with Crippen molar-refractivity contribution in [2.45, 2.75) is 19.4 Å². The van der Waals surface area contributed by atoms with E-state index in [1.165, 1.54) is 5.51 Å². The van der Waals surface area contributed by atoms with Crippen molar-refractivity contribution in [3.8, 4) is 0 Å². The van der Waals surface area contributed by atoms with E-state index in [0.717, 1.165) is 18.4 Å². The summed E-state index contributed by atoms with van der Waals surface area (Å²) in [6.07, 6.45) is -0.421. The predicted octanol–water partition coefficient (Wildman–Crippen LogP) is 0.198. The highest BCUT2D eigenvalue weighted by Crippen LogP contribution is 2.12. The topological polar surface area (TPSA) is 106 Å². The van der Waals surface area contributed by atoms with Crippen LogP contribution in [0.5, 0.6) is 0 Å². The molecule has 1 aromatic rings. The minimum absolute atomic E-state index is 0.325. The molecule has 1 atom stereocenters. The SMILES string of the molecule is COC(=O)C[C@H](NC(=O)c1scnc1C)C(=O)O. The van der Waals surface area contributed by atoms with Crippen molar-refractivity contribution in [3.63, 3.8) is 0 Å². The van der Waals surface area contributed by atoms with Crippen molar-refractivity contribution in [3.05, 3.63) is 16.1 Å². The Bertz CT molecular complexity index is 471. The first-order valence-corrected chi connectivity index (χ1v) is 5.84. The maximum absolute atomic E-state index is 11.8. The molecule has 0 unspecified atom stereocenters. The lowest BCUT2D eigenvalue weighted by Crippen LogP contribution is -2.42. The van der Waals surface area contributed by atoms with Crippen molar-refractivity contribution in [1.29, 1.82) is 0 Å². The fraction of sp³-hybridized carbons (Fsp3) is 0.400. The molecule has 1 rings (SSSR count). The van der Waals surface area contributed by atoms with Crippen molar-refractivity contribution in [2.75, 3.05) is 7.11 Å². The van der Waals surface area contributed by atoms with Gasteiger partial charge in [0.15, 0.2) is 0 Å². The Kier molecular flexibility index (Phi) is 4.78. The average molecular weight is 272 g/mol. The van der Waals surface area contributed by atoms with Crippen LogP contribution in [0, 0.1) is 6.92 Å². The highest BCUT2D eigenvalue weighted by molar-refractivity contribution is 7.11. The molecule has 0 fully saturated rings. The second-order valence-corrected chi connectivity index (χ2v) is 4.27. The van der Waals surface area contributed by atoms with Gasteiger partial charge in [0.25, 0.3) is 5.91 Å². The van der Waals surface area contributed by atoms with E-state index in [9.17, 15) is 14.4 Å². The molecule has 0 saturated carbocycles. The first kappa shape index (κ1) is 14.1. The molecule has 0 radical (unpaired) electrons. The molecule has 0 saturated heterocycles. The lowest BCUT2D eigenvalue weighted by Gasteiger charge is -2.12. The molecule has 1 amide bonds. The smallest absolute Gasteiger partial charge is 0.326 e. The number of ether oxygens (including phenoxy) is 1. The number of hydrogen-bond acceptors (Lipinski definition) is 6. The van der Waals surface area contributed by atoms with Crippen molar-refractivity contribution in [2.24, 2.45) is 0 Å². The van der Waals surface area contributed by atoms with Gasteiger partial charge in [-0.2, -0.15) is 0 Å². The Morgan fingerprint density at radius 3 is 2.67 bits per heavy atom. The molecule has 98 valence electrons. The molecule has 1 aromatic heterocycles. The molecule has 0 aliphatic heterocycles. The number of nitrogens with zero attached hydrogens (tertiary/aromatic N) is 1. The Morgan fingerprint density at radius 1 is 1.56 bits per heavy atom. The van der Waals surface area contributed by atoms with Gasteiger partial charge < -0.3 is 15.2 Å². The van der Waals surface area contributed by atoms with E-state index in [-0.39, 0.29) is 0 Å². The molecule has 1 heterocycles. The Labute approximate surface area is 107 Å². The van der Waals surface area contributed by atoms with Gasteiger partial charge in [-0.05, 0) is 6.92 Å². The Hall–Kier alpha value is -1.96. The van der Waals surface area contributed by atoms with Crippen LogP contribution in [0.25, 0.3) is 0 Å². The molecule has 18 heavy (non-hydrogen) atoms. The second-order valence-electron chi connectivity index (χ2n) is 3.41. The van der Waals surface area contributed by atoms with E-state index in [2.05, 4.69) is 15.0 Å². The summed E-state index contributed by atoms with van der Waals surface area (Å²) in [5.41, 5.74) is 2.00. The van der Waals surface area contributed by atoms with E-state index in [1.807, 2.05) is 0 Å². The van der Waals surface area contributed by atoms with Gasteiger partial charge in [0.05, 0.1) is 24.7 Å². The highest BCUT2D eigenvalue weighted by Gasteiger charge is 2.25. The summed E-state index contributed by atoms with van der Waals surface area (Å²) in [6.45, 7) is 1.64. The zero-order valence-electron chi connectivity index (χ0n) is 9.80. The largest absolute Gasteiger partial charge is 0.480 e. The van der Waals surface area contributed by atoms with Crippen LogP contribution in [-0.4, -0.2) is 41.1 Å². The molecule has 7 nitrogen and oxygen atoms in total. The van der Waals surface area contributed by atoms with Crippen molar-refractivity contribution in [1.82, 2.24) is 10.3 Å². The number of carbonyl (C=O) groups is 3. The zero-order valence-corrected chi connectivity index (χ0v) is 10.6. The molecule has 8 heteroatoms. The van der Waals surface area contributed by atoms with Gasteiger partial charge in [0, 0.05) is 0 Å². The van der Waals surface area contributed by atoms with Crippen molar-refractivity contribution < 1.29 is 24.2 Å². The summed E-state index contributed by atoms with van der Waals surface area (Å²) in [5.74, 6) is -2.56. The van der Waals surface area contributed by atoms with Crippen LogP contribution in [0.3, 0.4) is 0 Å². The number of rotatable bonds is 5. The summed E-state index contributed by atoms with van der Waals surface area (Å²) in [4.78, 5) is 37.9. The number of esters is 1. The number of aromatic nitrogens is 1. The lowest BCUT2D eigenvalue weighted by molar-refractivity contribution is -0.147. The number of methoxy groups -OCH3 is 1. The zero-order chi connectivity index (χ0) is 13.7. The summed E-state index contributed by atoms with van der Waals surface area (Å²) >= 11 is 1.10. The first-order chi connectivity index (χ1) is 8.45. The van der Waals surface area contributed by atoms with Gasteiger partial charge in [-0.15, -0.1) is 11.3 Å². The summed E-state index contributed by atoms with van der Waals surface area (Å²) in [6, 6.07) is -1.31. The maximum atomic E-state index is 11.8. The van der Waals surface area contributed by atoms with Gasteiger partial charge in [-0.25, -0.2) is 9.78 Å². The molecule has 2 N–H and O–H groups in total. The second kappa shape index (κ2) is 6.10. The quantitative estimate of drug-likeness (QED) is 0.742. The molecular formula is C10H12N2O5S. The van der Waals surface area contributed by atoms with Gasteiger partial charge in [0.1, 0.15) is 10.9 Å². The van der Waals surface area contributed by atoms with E-state index >= 15 is 0 Å². The van der Waals surface area contributed by atoms with Gasteiger partial charge in [-0.1, -0.05) is 0 Å². The number of aryl methyl sites for hydroxylation is 1. The third-order valence-corrected chi connectivity index (χ3v) is 3.08. The summed E-state index contributed by atoms with van der Waals surface area (Å²) in [7, 11) is 1.15. The number of aliphatic carboxylic acids is 1. The average Bonchev–Trinajstić information content (AvgIpc) is 2.74. The minimum Gasteiger partial charge on any atom is -0.480 e. The number of carbonyl (C=O) groups excluding carboxylic acids is 2. The lowest BCUT2D eigenvalue weighted by atomic mass is 10.2. The summed E-state index contributed by atoms with van der Waals surface area (Å²) < 4.78 is 4.36. The van der Waals surface area contributed by atoms with E-state index in [4.69, 9.17) is 5.11 Å². The van der Waals surface area contributed by atoms with Crippen LogP contribution >= 0.6 is 11.3 Å². The normalized spacial score (nSPS) is 11.7. The maximum Gasteiger partial charge on any atom is 0.326 e. The first-order valence-electron chi connectivity index (χ1n) is 4.96. The molecule has 0 aliphatic rings. The van der Waals surface area contributed by atoms with Crippen LogP contribution in [0.4, 0.5) is 0 Å². The molecule has 0 aromatic carbocycles. The Morgan fingerprint density at radius 2 is 2.22 bits per heavy atom. The minimum atomic E-state index is -1.31. The molecule has 0 spiro atoms. The molecular weight excluding hydrogens is 260 g/mol. The number of nitrogens with one attached hydrogen (secondary N) is 1. The fourth-order valence-electron chi connectivity index (χ4n) is 1.19. The summed E-state index contributed by atoms with van der Waals surface area (Å²) in [5, 5.41) is 11.2. The van der Waals surface area contributed by atoms with Crippen LogP contribution in [0.1, 0.15) is 21.8 Å². The third kappa shape index (κ3) is 3.52. The van der Waals surface area contributed by atoms with Gasteiger partial charge in [0.2, 0.25) is 0 Å². The number of amides is 1. The van der Waals surface area contributed by atoms with E-state index < -0.39 is 30.3 Å². The van der Waals surface area contributed by atoms with E-state index in [1.54, 1.807) is 6.92 Å². The predicted molar refractivity (Wildman–Crippen MR) is 62.4 cm³/mol. The van der Waals surface area contributed by atoms with Crippen LogP contribution in [0.15, 0.2) is 5.51 Å². The highest BCUT2D eigenvalue weighted by atomic mass is 32.1. The third-order valence-electron chi connectivity index (χ3n) is 2.15. The number of carboxylic acid groups (broad SMARTS) is 1. The standard InChI is InChI=1S/C10H12N2O5S/c1-5-8(18-4-11-5)9(14)12-6(10(15)16)3-7(13)17-2/h4,6H,3H2,1-2H3,(H,12,14)(H,15,16)/t6-/m0/s1. The van der Waals surface area contributed by atoms with Crippen LogP contribution < -0.4 is 5.32 Å². The van der Waals surface area contributed by atoms with E-state index in [0.29, 0.717) is 10.6 Å². The number of carboxylic acids is 1.